The first-order valence-electron chi connectivity index (χ1n) is 9.80. The largest absolute Gasteiger partial charge is 0.467 e. The number of pyridine rings is 1. The fraction of sp³-hybridized carbons (Fsp3) is 0.524. The number of hydrogen-bond donors (Lipinski definition) is 1. The number of methoxy groups -OCH3 is 1. The number of hydrogen-bond acceptors (Lipinski definition) is 6. The highest BCUT2D eigenvalue weighted by Gasteiger charge is 2.16. The highest BCUT2D eigenvalue weighted by Crippen LogP contribution is 2.24. The lowest BCUT2D eigenvalue weighted by Gasteiger charge is -2.14. The van der Waals surface area contributed by atoms with Gasteiger partial charge in [-0.2, -0.15) is 0 Å². The first kappa shape index (κ1) is 19.3. The van der Waals surface area contributed by atoms with Crippen LogP contribution in [0.5, 0.6) is 6.01 Å². The summed E-state index contributed by atoms with van der Waals surface area (Å²) in [6.45, 7) is 3.08. The molecule has 6 nitrogen and oxygen atoms in total. The fourth-order valence-corrected chi connectivity index (χ4v) is 3.48. The molecule has 0 saturated carbocycles. The van der Waals surface area contributed by atoms with Crippen LogP contribution < -0.4 is 10.1 Å². The van der Waals surface area contributed by atoms with E-state index in [2.05, 4.69) is 39.3 Å². The zero-order valence-corrected chi connectivity index (χ0v) is 16.2. The van der Waals surface area contributed by atoms with Crippen LogP contribution >= 0.6 is 0 Å². The second kappa shape index (κ2) is 9.44. The zero-order chi connectivity index (χ0) is 19.1. The van der Waals surface area contributed by atoms with Gasteiger partial charge in [0, 0.05) is 37.5 Å². The molecule has 0 amide bonds. The van der Waals surface area contributed by atoms with Crippen molar-refractivity contribution in [1.82, 2.24) is 15.0 Å². The zero-order valence-electron chi connectivity index (χ0n) is 16.2. The fourth-order valence-electron chi connectivity index (χ4n) is 3.48. The number of anilines is 1. The van der Waals surface area contributed by atoms with E-state index in [1.807, 2.05) is 0 Å². The molecule has 0 spiro atoms. The van der Waals surface area contributed by atoms with Crippen LogP contribution in [0.2, 0.25) is 0 Å². The van der Waals surface area contributed by atoms with Gasteiger partial charge in [-0.25, -0.2) is 15.0 Å². The first-order valence-corrected chi connectivity index (χ1v) is 9.80. The highest BCUT2D eigenvalue weighted by atomic mass is 16.5. The average molecular weight is 368 g/mol. The van der Waals surface area contributed by atoms with Gasteiger partial charge in [0.05, 0.1) is 7.11 Å². The Morgan fingerprint density at radius 1 is 1.26 bits per heavy atom. The smallest absolute Gasteiger partial charge is 0.316 e. The van der Waals surface area contributed by atoms with Crippen LogP contribution in [0.25, 0.3) is 0 Å². The van der Waals surface area contributed by atoms with E-state index in [0.29, 0.717) is 24.6 Å². The number of ketones is 1. The number of rotatable bonds is 10. The maximum absolute atomic E-state index is 12.4. The first-order chi connectivity index (χ1) is 13.2. The molecule has 0 aliphatic carbocycles. The quantitative estimate of drug-likeness (QED) is 0.644. The van der Waals surface area contributed by atoms with Gasteiger partial charge in [0.2, 0.25) is 0 Å². The molecule has 2 aromatic rings. The molecule has 2 aromatic heterocycles. The van der Waals surface area contributed by atoms with Gasteiger partial charge >= 0.3 is 6.01 Å². The average Bonchev–Trinajstić information content (AvgIpc) is 3.17. The normalized spacial score (nSPS) is 13.7. The number of Topliss-reactive ketones (excluding diaryl/α,β-unsaturated/α-hetero) is 1. The number of carbonyl (C=O) groups is 1. The van der Waals surface area contributed by atoms with E-state index in [4.69, 9.17) is 4.74 Å². The molecule has 6 heteroatoms. The van der Waals surface area contributed by atoms with Crippen LogP contribution in [-0.2, 0) is 17.6 Å². The molecule has 1 aliphatic heterocycles. The van der Waals surface area contributed by atoms with Crippen LogP contribution in [0.4, 0.5) is 5.82 Å². The van der Waals surface area contributed by atoms with Gasteiger partial charge in [-0.1, -0.05) is 13.0 Å². The Balaban J connectivity index is 1.41. The third-order valence-electron chi connectivity index (χ3n) is 5.13. The summed E-state index contributed by atoms with van der Waals surface area (Å²) in [6, 6.07) is 4.64. The second-order valence-electron chi connectivity index (χ2n) is 7.05. The molecule has 144 valence electrons. The molecule has 0 aromatic carbocycles. The Morgan fingerprint density at radius 2 is 2.07 bits per heavy atom. The number of ether oxygens (including phenoxy) is 1. The number of nitrogens with one attached hydrogen (secondary N) is 1. The molecule has 0 radical (unpaired) electrons. The predicted octanol–water partition coefficient (Wildman–Crippen LogP) is 3.71. The van der Waals surface area contributed by atoms with Crippen molar-refractivity contribution in [1.29, 1.82) is 0 Å². The molecular weight excluding hydrogens is 340 g/mol. The van der Waals surface area contributed by atoms with Crippen molar-refractivity contribution in [3.63, 3.8) is 0 Å². The van der Waals surface area contributed by atoms with Crippen LogP contribution in [0.3, 0.4) is 0 Å². The third kappa shape index (κ3) is 5.25. The van der Waals surface area contributed by atoms with E-state index in [1.54, 1.807) is 19.5 Å². The number of carbonyl (C=O) groups excluding carboxylic acids is 1. The molecule has 0 fully saturated rings. The lowest BCUT2D eigenvalue weighted by molar-refractivity contribution is -0.119. The van der Waals surface area contributed by atoms with Crippen molar-refractivity contribution in [2.24, 2.45) is 0 Å². The van der Waals surface area contributed by atoms with Gasteiger partial charge in [0.1, 0.15) is 11.6 Å². The Kier molecular flexibility index (Phi) is 6.74. The van der Waals surface area contributed by atoms with Crippen molar-refractivity contribution >= 4 is 11.6 Å². The summed E-state index contributed by atoms with van der Waals surface area (Å²) in [5.74, 6) is 1.52. The van der Waals surface area contributed by atoms with Crippen molar-refractivity contribution in [2.75, 3.05) is 19.0 Å². The van der Waals surface area contributed by atoms with Crippen molar-refractivity contribution < 1.29 is 9.53 Å². The summed E-state index contributed by atoms with van der Waals surface area (Å²) in [6.07, 6.45) is 9.47. The van der Waals surface area contributed by atoms with Gasteiger partial charge in [-0.3, -0.25) is 4.79 Å². The van der Waals surface area contributed by atoms with E-state index in [1.165, 1.54) is 5.56 Å². The summed E-state index contributed by atoms with van der Waals surface area (Å²) in [4.78, 5) is 25.3. The molecule has 0 bridgehead atoms. The van der Waals surface area contributed by atoms with Crippen LogP contribution in [0, 0.1) is 0 Å². The number of unbranched alkanes of at least 4 members (excludes halogenated alkanes) is 1. The lowest BCUT2D eigenvalue weighted by Crippen LogP contribution is -2.08. The van der Waals surface area contributed by atoms with Gasteiger partial charge in [0.25, 0.3) is 0 Å². The van der Waals surface area contributed by atoms with Gasteiger partial charge in [0.15, 0.2) is 0 Å². The molecule has 27 heavy (non-hydrogen) atoms. The summed E-state index contributed by atoms with van der Waals surface area (Å²) in [7, 11) is 1.55. The Labute approximate surface area is 160 Å². The maximum Gasteiger partial charge on any atom is 0.316 e. The van der Waals surface area contributed by atoms with E-state index in [0.717, 1.165) is 55.7 Å². The molecule has 1 atom stereocenters. The molecule has 1 N–H and O–H groups in total. The molecular formula is C21H28N4O2. The molecule has 1 aliphatic rings. The van der Waals surface area contributed by atoms with Gasteiger partial charge in [-0.05, 0) is 55.2 Å². The Bertz CT molecular complexity index is 761. The number of fused-ring (bicyclic) bond motifs is 1. The number of aryl methyl sites for hydroxylation is 1. The van der Waals surface area contributed by atoms with Crippen molar-refractivity contribution in [3.05, 3.63) is 41.3 Å². The minimum atomic E-state index is 0.174. The topological polar surface area (TPSA) is 77.0 Å². The molecule has 0 saturated heterocycles. The monoisotopic (exact) mass is 368 g/mol. The van der Waals surface area contributed by atoms with E-state index in [-0.39, 0.29) is 5.92 Å². The van der Waals surface area contributed by atoms with E-state index in [9.17, 15) is 4.79 Å². The molecule has 0 unspecified atom stereocenters. The molecule has 3 rings (SSSR count). The van der Waals surface area contributed by atoms with Gasteiger partial charge in [-0.15, -0.1) is 0 Å². The predicted molar refractivity (Wildman–Crippen MR) is 105 cm³/mol. The van der Waals surface area contributed by atoms with Crippen LogP contribution in [0.1, 0.15) is 61.8 Å². The SMILES string of the molecule is CC[C@H](CC(=O)CCCCc1ccc2c(n1)NCC2)c1cnc(OC)nc1. The second-order valence-corrected chi connectivity index (χ2v) is 7.05. The minimum Gasteiger partial charge on any atom is -0.467 e. The van der Waals surface area contributed by atoms with Crippen molar-refractivity contribution in [3.8, 4) is 6.01 Å². The van der Waals surface area contributed by atoms with E-state index >= 15 is 0 Å². The Hall–Kier alpha value is -2.50. The molecule has 3 heterocycles. The minimum absolute atomic E-state index is 0.174. The standard InChI is InChI=1S/C21H28N4O2/c1-3-15(17-13-23-21(27-2)24-14-17)12-19(26)7-5-4-6-18-9-8-16-10-11-22-20(16)25-18/h8-9,13-15H,3-7,10-12H2,1-2H3,(H,22,25)/t15-/m1/s1. The lowest BCUT2D eigenvalue weighted by atomic mass is 9.92. The summed E-state index contributed by atoms with van der Waals surface area (Å²) >= 11 is 0. The van der Waals surface area contributed by atoms with E-state index < -0.39 is 0 Å². The van der Waals surface area contributed by atoms with Gasteiger partial charge < -0.3 is 10.1 Å². The number of nitrogens with zero attached hydrogens (tertiary/aromatic N) is 3. The highest BCUT2D eigenvalue weighted by molar-refractivity contribution is 5.79. The summed E-state index contributed by atoms with van der Waals surface area (Å²) in [5.41, 5.74) is 3.42. The van der Waals surface area contributed by atoms with Crippen LogP contribution in [0.15, 0.2) is 24.5 Å². The number of aromatic nitrogens is 3. The third-order valence-corrected chi connectivity index (χ3v) is 5.13. The maximum atomic E-state index is 12.4. The van der Waals surface area contributed by atoms with Crippen molar-refractivity contribution in [2.45, 2.75) is 57.8 Å². The van der Waals surface area contributed by atoms with Crippen LogP contribution in [-0.4, -0.2) is 34.4 Å². The summed E-state index contributed by atoms with van der Waals surface area (Å²) in [5, 5.41) is 3.32. The summed E-state index contributed by atoms with van der Waals surface area (Å²) < 4.78 is 4.99. The Morgan fingerprint density at radius 3 is 2.81 bits per heavy atom.